The molecular formula is C13H18Cl2N2O2. The molecule has 0 aliphatic heterocycles. The van der Waals surface area contributed by atoms with Crippen LogP contribution in [0.3, 0.4) is 0 Å². The molecule has 0 heterocycles. The van der Waals surface area contributed by atoms with Gasteiger partial charge in [0.1, 0.15) is 0 Å². The number of aliphatic hydroxyl groups is 1. The zero-order valence-corrected chi connectivity index (χ0v) is 12.5. The Hall–Kier alpha value is -0.970. The Bertz CT molecular complexity index is 441. The van der Waals surface area contributed by atoms with E-state index >= 15 is 0 Å². The minimum Gasteiger partial charge on any atom is -0.395 e. The van der Waals surface area contributed by atoms with Crippen LogP contribution in [-0.4, -0.2) is 35.7 Å². The fourth-order valence-corrected chi connectivity index (χ4v) is 2.30. The van der Waals surface area contributed by atoms with Crippen molar-refractivity contribution in [1.29, 1.82) is 0 Å². The van der Waals surface area contributed by atoms with Crippen LogP contribution in [-0.2, 0) is 0 Å². The minimum absolute atomic E-state index is 0.0582. The molecule has 0 aliphatic carbocycles. The molecule has 1 aromatic rings. The normalized spacial score (nSPS) is 12.1. The van der Waals surface area contributed by atoms with Gasteiger partial charge in [-0.3, -0.25) is 0 Å². The smallest absolute Gasteiger partial charge is 0.317 e. The predicted molar refractivity (Wildman–Crippen MR) is 77.7 cm³/mol. The molecule has 0 radical (unpaired) electrons. The molecule has 1 atom stereocenters. The molecule has 0 aromatic heterocycles. The van der Waals surface area contributed by atoms with E-state index in [2.05, 4.69) is 5.32 Å². The lowest BCUT2D eigenvalue weighted by molar-refractivity contribution is 0.178. The molecule has 0 spiro atoms. The molecular weight excluding hydrogens is 287 g/mol. The molecule has 2 N–H and O–H groups in total. The first-order valence-electron chi connectivity index (χ1n) is 6.10. The molecule has 2 amide bonds. The van der Waals surface area contributed by atoms with Gasteiger partial charge in [0.15, 0.2) is 0 Å². The van der Waals surface area contributed by atoms with Crippen molar-refractivity contribution < 1.29 is 9.90 Å². The number of amides is 2. The number of hydrogen-bond donors (Lipinski definition) is 2. The summed E-state index contributed by atoms with van der Waals surface area (Å²) in [6.45, 7) is 4.49. The number of carbonyl (C=O) groups excluding carboxylic acids is 1. The van der Waals surface area contributed by atoms with Crippen molar-refractivity contribution in [2.45, 2.75) is 19.9 Å². The second kappa shape index (κ2) is 7.58. The van der Waals surface area contributed by atoms with E-state index in [1.807, 2.05) is 13.8 Å². The molecule has 106 valence electrons. The van der Waals surface area contributed by atoms with Crippen LogP contribution in [0.2, 0.25) is 10.0 Å². The van der Waals surface area contributed by atoms with Gasteiger partial charge in [-0.1, -0.05) is 29.3 Å². The number of nitrogens with zero attached hydrogens (tertiary/aromatic N) is 1. The lowest BCUT2D eigenvalue weighted by Crippen LogP contribution is -2.42. The van der Waals surface area contributed by atoms with Crippen molar-refractivity contribution in [2.75, 3.05) is 19.7 Å². The van der Waals surface area contributed by atoms with Gasteiger partial charge in [0.2, 0.25) is 0 Å². The van der Waals surface area contributed by atoms with Gasteiger partial charge in [0.25, 0.3) is 0 Å². The van der Waals surface area contributed by atoms with Crippen LogP contribution in [0.25, 0.3) is 0 Å². The summed E-state index contributed by atoms with van der Waals surface area (Å²) in [5.74, 6) is 0. The number of halogens is 2. The highest BCUT2D eigenvalue weighted by Crippen LogP contribution is 2.26. The standard InChI is InChI=1S/C13H18Cl2N2O2/c1-3-17(6-7-18)13(19)16-9(2)11-5-4-10(14)8-12(11)15/h4-5,8-9,18H,3,6-7H2,1-2H3,(H,16,19). The molecule has 0 aliphatic rings. The van der Waals surface area contributed by atoms with Crippen LogP contribution in [0.5, 0.6) is 0 Å². The summed E-state index contributed by atoms with van der Waals surface area (Å²) < 4.78 is 0. The Balaban J connectivity index is 2.73. The number of likely N-dealkylation sites (N-methyl/N-ethyl adjacent to an activating group) is 1. The summed E-state index contributed by atoms with van der Waals surface area (Å²) in [6, 6.07) is 4.71. The van der Waals surface area contributed by atoms with Crippen molar-refractivity contribution in [3.8, 4) is 0 Å². The Kier molecular flexibility index (Phi) is 6.42. The van der Waals surface area contributed by atoms with Gasteiger partial charge in [-0.15, -0.1) is 0 Å². The molecule has 19 heavy (non-hydrogen) atoms. The van der Waals surface area contributed by atoms with E-state index in [0.717, 1.165) is 5.56 Å². The van der Waals surface area contributed by atoms with Crippen molar-refractivity contribution in [3.63, 3.8) is 0 Å². The first-order valence-corrected chi connectivity index (χ1v) is 6.86. The average Bonchev–Trinajstić information content (AvgIpc) is 2.35. The monoisotopic (exact) mass is 304 g/mol. The third-order valence-corrected chi connectivity index (χ3v) is 3.37. The summed E-state index contributed by atoms with van der Waals surface area (Å²) in [4.78, 5) is 13.5. The number of hydrogen-bond acceptors (Lipinski definition) is 2. The molecule has 0 fully saturated rings. The Labute approximate surface area is 123 Å². The molecule has 6 heteroatoms. The van der Waals surface area contributed by atoms with Crippen molar-refractivity contribution in [2.24, 2.45) is 0 Å². The molecule has 1 unspecified atom stereocenters. The summed E-state index contributed by atoms with van der Waals surface area (Å²) in [5.41, 5.74) is 0.805. The van der Waals surface area contributed by atoms with Gasteiger partial charge in [0.05, 0.1) is 12.6 Å². The highest BCUT2D eigenvalue weighted by atomic mass is 35.5. The molecule has 4 nitrogen and oxygen atoms in total. The van der Waals surface area contributed by atoms with Crippen molar-refractivity contribution >= 4 is 29.2 Å². The predicted octanol–water partition coefficient (Wildman–Crippen LogP) is 3.08. The SMILES string of the molecule is CCN(CCO)C(=O)NC(C)c1ccc(Cl)cc1Cl. The minimum atomic E-state index is -0.231. The van der Waals surface area contributed by atoms with Crippen molar-refractivity contribution in [3.05, 3.63) is 33.8 Å². The average molecular weight is 305 g/mol. The maximum Gasteiger partial charge on any atom is 0.317 e. The van der Waals surface area contributed by atoms with Gasteiger partial charge in [-0.25, -0.2) is 4.79 Å². The Morgan fingerprint density at radius 2 is 2.16 bits per heavy atom. The summed E-state index contributed by atoms with van der Waals surface area (Å²) in [5, 5.41) is 12.8. The fraction of sp³-hybridized carbons (Fsp3) is 0.462. The summed E-state index contributed by atoms with van der Waals surface area (Å²) in [6.07, 6.45) is 0. The maximum atomic E-state index is 12.0. The first kappa shape index (κ1) is 16.1. The number of benzene rings is 1. The Morgan fingerprint density at radius 3 is 2.68 bits per heavy atom. The number of aliphatic hydroxyl groups excluding tert-OH is 1. The van der Waals surface area contributed by atoms with Crippen LogP contribution < -0.4 is 5.32 Å². The second-order valence-electron chi connectivity index (χ2n) is 4.14. The van der Waals surface area contributed by atoms with Crippen LogP contribution in [0.4, 0.5) is 4.79 Å². The lowest BCUT2D eigenvalue weighted by atomic mass is 10.1. The van der Waals surface area contributed by atoms with E-state index in [9.17, 15) is 4.79 Å². The third-order valence-electron chi connectivity index (χ3n) is 2.81. The maximum absolute atomic E-state index is 12.0. The fourth-order valence-electron chi connectivity index (χ4n) is 1.73. The largest absolute Gasteiger partial charge is 0.395 e. The van der Waals surface area contributed by atoms with E-state index in [1.54, 1.807) is 18.2 Å². The van der Waals surface area contributed by atoms with Crippen LogP contribution in [0, 0.1) is 0 Å². The number of carbonyl (C=O) groups is 1. The lowest BCUT2D eigenvalue weighted by Gasteiger charge is -2.23. The topological polar surface area (TPSA) is 52.6 Å². The van der Waals surface area contributed by atoms with Gasteiger partial charge < -0.3 is 15.3 Å². The third kappa shape index (κ3) is 4.56. The highest BCUT2D eigenvalue weighted by Gasteiger charge is 2.16. The molecule has 1 rings (SSSR count). The molecule has 0 saturated heterocycles. The van der Waals surface area contributed by atoms with E-state index in [4.69, 9.17) is 28.3 Å². The summed E-state index contributed by atoms with van der Waals surface area (Å²) in [7, 11) is 0. The molecule has 1 aromatic carbocycles. The van der Waals surface area contributed by atoms with Crippen LogP contribution in [0.1, 0.15) is 25.5 Å². The van der Waals surface area contributed by atoms with Crippen LogP contribution >= 0.6 is 23.2 Å². The van der Waals surface area contributed by atoms with E-state index < -0.39 is 0 Å². The second-order valence-corrected chi connectivity index (χ2v) is 4.98. The number of rotatable bonds is 5. The zero-order valence-electron chi connectivity index (χ0n) is 11.0. The van der Waals surface area contributed by atoms with E-state index in [1.165, 1.54) is 4.90 Å². The van der Waals surface area contributed by atoms with Gasteiger partial charge in [-0.05, 0) is 31.5 Å². The first-order chi connectivity index (χ1) is 8.99. The van der Waals surface area contributed by atoms with E-state index in [0.29, 0.717) is 23.1 Å². The van der Waals surface area contributed by atoms with E-state index in [-0.39, 0.29) is 18.7 Å². The quantitative estimate of drug-likeness (QED) is 0.878. The van der Waals surface area contributed by atoms with Crippen molar-refractivity contribution in [1.82, 2.24) is 10.2 Å². The van der Waals surface area contributed by atoms with Gasteiger partial charge >= 0.3 is 6.03 Å². The number of nitrogens with one attached hydrogen (secondary N) is 1. The Morgan fingerprint density at radius 1 is 1.47 bits per heavy atom. The van der Waals surface area contributed by atoms with Crippen LogP contribution in [0.15, 0.2) is 18.2 Å². The van der Waals surface area contributed by atoms with Gasteiger partial charge in [0, 0.05) is 23.1 Å². The summed E-state index contributed by atoms with van der Waals surface area (Å²) >= 11 is 11.9. The molecule has 0 bridgehead atoms. The molecule has 0 saturated carbocycles. The number of urea groups is 1. The van der Waals surface area contributed by atoms with Gasteiger partial charge in [-0.2, -0.15) is 0 Å². The highest BCUT2D eigenvalue weighted by molar-refractivity contribution is 6.35. The zero-order chi connectivity index (χ0) is 14.4.